The smallest absolute Gasteiger partial charge is 0.243 e. The Morgan fingerprint density at radius 2 is 2.17 bits per heavy atom. The summed E-state index contributed by atoms with van der Waals surface area (Å²) in [5, 5.41) is 2.85. The van der Waals surface area contributed by atoms with E-state index >= 15 is 0 Å². The van der Waals surface area contributed by atoms with Crippen LogP contribution >= 0.6 is 0 Å². The number of nitrogens with one attached hydrogen (secondary N) is 1. The predicted octanol–water partition coefficient (Wildman–Crippen LogP) is 2.75. The average molecular weight is 246 g/mol. The van der Waals surface area contributed by atoms with Crippen molar-refractivity contribution in [2.24, 2.45) is 5.92 Å². The summed E-state index contributed by atoms with van der Waals surface area (Å²) >= 11 is 0. The van der Waals surface area contributed by atoms with Crippen LogP contribution in [0.2, 0.25) is 0 Å². The molecule has 0 heterocycles. The lowest BCUT2D eigenvalue weighted by molar-refractivity contribution is -0.116. The van der Waals surface area contributed by atoms with Crippen LogP contribution in [0.3, 0.4) is 0 Å². The predicted molar refractivity (Wildman–Crippen MR) is 77.1 cm³/mol. The van der Waals surface area contributed by atoms with Gasteiger partial charge in [0.05, 0.1) is 0 Å². The highest BCUT2D eigenvalue weighted by Crippen LogP contribution is 2.13. The molecule has 0 saturated heterocycles. The molecule has 3 N–H and O–H groups in total. The molecule has 0 saturated carbocycles. The highest BCUT2D eigenvalue weighted by molar-refractivity contribution is 5.91. The van der Waals surface area contributed by atoms with Crippen LogP contribution in [0, 0.1) is 12.8 Å². The lowest BCUT2D eigenvalue weighted by Crippen LogP contribution is -2.23. The number of rotatable bonds is 5. The van der Waals surface area contributed by atoms with Crippen molar-refractivity contribution in [1.29, 1.82) is 0 Å². The van der Waals surface area contributed by atoms with Crippen molar-refractivity contribution < 1.29 is 4.79 Å². The lowest BCUT2D eigenvalue weighted by Gasteiger charge is -2.04. The van der Waals surface area contributed by atoms with Crippen molar-refractivity contribution in [2.75, 3.05) is 12.3 Å². The molecule has 1 amide bonds. The summed E-state index contributed by atoms with van der Waals surface area (Å²) in [4.78, 5) is 11.5. The maximum atomic E-state index is 11.5. The molecule has 0 bridgehead atoms. The van der Waals surface area contributed by atoms with Gasteiger partial charge >= 0.3 is 0 Å². The number of amides is 1. The summed E-state index contributed by atoms with van der Waals surface area (Å²) in [7, 11) is 0. The van der Waals surface area contributed by atoms with Crippen molar-refractivity contribution in [2.45, 2.75) is 27.2 Å². The van der Waals surface area contributed by atoms with Crippen molar-refractivity contribution in [1.82, 2.24) is 5.32 Å². The first kappa shape index (κ1) is 14.3. The van der Waals surface area contributed by atoms with Crippen LogP contribution in [0.1, 0.15) is 31.4 Å². The Bertz CT molecular complexity index is 436. The molecule has 0 unspecified atom stereocenters. The quantitative estimate of drug-likeness (QED) is 0.620. The topological polar surface area (TPSA) is 55.1 Å². The summed E-state index contributed by atoms with van der Waals surface area (Å²) in [5.41, 5.74) is 8.54. The van der Waals surface area contributed by atoms with Crippen molar-refractivity contribution in [3.8, 4) is 0 Å². The Morgan fingerprint density at radius 3 is 2.78 bits per heavy atom. The van der Waals surface area contributed by atoms with Crippen LogP contribution in [0.25, 0.3) is 6.08 Å². The number of carbonyl (C=O) groups excluding carboxylic acids is 1. The number of nitrogen functional groups attached to an aromatic ring is 1. The summed E-state index contributed by atoms with van der Waals surface area (Å²) < 4.78 is 0. The van der Waals surface area contributed by atoms with Gasteiger partial charge in [-0.15, -0.1) is 0 Å². The summed E-state index contributed by atoms with van der Waals surface area (Å²) in [6.45, 7) is 6.95. The minimum absolute atomic E-state index is 0.0604. The van der Waals surface area contributed by atoms with Gasteiger partial charge < -0.3 is 11.1 Å². The minimum Gasteiger partial charge on any atom is -0.398 e. The second-order valence-electron chi connectivity index (χ2n) is 4.92. The summed E-state index contributed by atoms with van der Waals surface area (Å²) in [6, 6.07) is 5.77. The number of benzene rings is 1. The molecule has 0 spiro atoms. The van der Waals surface area contributed by atoms with Crippen molar-refractivity contribution >= 4 is 17.7 Å². The molecule has 0 aromatic heterocycles. The number of aryl methyl sites for hydroxylation is 1. The van der Waals surface area contributed by atoms with E-state index in [1.54, 1.807) is 12.2 Å². The molecule has 0 radical (unpaired) electrons. The highest BCUT2D eigenvalue weighted by Gasteiger charge is 1.98. The van der Waals surface area contributed by atoms with E-state index in [0.29, 0.717) is 5.92 Å². The molecule has 18 heavy (non-hydrogen) atoms. The number of carbonyl (C=O) groups is 1. The van der Waals surface area contributed by atoms with Crippen LogP contribution in [0.5, 0.6) is 0 Å². The lowest BCUT2D eigenvalue weighted by atomic mass is 10.1. The van der Waals surface area contributed by atoms with E-state index in [-0.39, 0.29) is 5.91 Å². The molecule has 98 valence electrons. The van der Waals surface area contributed by atoms with E-state index in [4.69, 9.17) is 5.73 Å². The van der Waals surface area contributed by atoms with Crippen LogP contribution in [-0.2, 0) is 4.79 Å². The maximum absolute atomic E-state index is 11.5. The van der Waals surface area contributed by atoms with Gasteiger partial charge in [-0.2, -0.15) is 0 Å². The first-order valence-electron chi connectivity index (χ1n) is 6.31. The van der Waals surface area contributed by atoms with Gasteiger partial charge in [0.25, 0.3) is 0 Å². The van der Waals surface area contributed by atoms with E-state index in [2.05, 4.69) is 19.2 Å². The minimum atomic E-state index is -0.0604. The van der Waals surface area contributed by atoms with Gasteiger partial charge in [-0.3, -0.25) is 4.79 Å². The van der Waals surface area contributed by atoms with Crippen LogP contribution in [-0.4, -0.2) is 12.5 Å². The van der Waals surface area contributed by atoms with Gasteiger partial charge in [0.1, 0.15) is 0 Å². The van der Waals surface area contributed by atoms with Crippen LogP contribution < -0.4 is 11.1 Å². The largest absolute Gasteiger partial charge is 0.398 e. The van der Waals surface area contributed by atoms with Crippen LogP contribution in [0.15, 0.2) is 24.3 Å². The number of anilines is 1. The monoisotopic (exact) mass is 246 g/mol. The molecule has 0 aliphatic heterocycles. The molecular formula is C15H22N2O. The van der Waals surface area contributed by atoms with E-state index in [1.807, 2.05) is 25.1 Å². The molecule has 0 aliphatic rings. The molecule has 3 heteroatoms. The molecule has 1 rings (SSSR count). The maximum Gasteiger partial charge on any atom is 0.243 e. The standard InChI is InChI=1S/C15H22N2O/c1-11(2)8-9-17-15(18)7-6-13-5-4-12(3)14(16)10-13/h4-7,10-11H,8-9,16H2,1-3H3,(H,17,18)/b7-6+. The van der Waals surface area contributed by atoms with Crippen molar-refractivity contribution in [3.63, 3.8) is 0 Å². The molecule has 1 aromatic carbocycles. The molecule has 3 nitrogen and oxygen atoms in total. The zero-order valence-electron chi connectivity index (χ0n) is 11.4. The van der Waals surface area contributed by atoms with Gasteiger partial charge in [-0.1, -0.05) is 26.0 Å². The molecule has 0 aliphatic carbocycles. The third-order valence-electron chi connectivity index (χ3n) is 2.75. The Labute approximate surface area is 109 Å². The Balaban J connectivity index is 2.48. The SMILES string of the molecule is Cc1ccc(/C=C/C(=O)NCCC(C)C)cc1N. The van der Waals surface area contributed by atoms with E-state index in [0.717, 1.165) is 29.8 Å². The second-order valence-corrected chi connectivity index (χ2v) is 4.92. The molecular weight excluding hydrogens is 224 g/mol. The Hall–Kier alpha value is -1.77. The van der Waals surface area contributed by atoms with Crippen molar-refractivity contribution in [3.05, 3.63) is 35.4 Å². The average Bonchev–Trinajstić information content (AvgIpc) is 2.30. The second kappa shape index (κ2) is 6.84. The van der Waals surface area contributed by atoms with E-state index in [1.165, 1.54) is 0 Å². The Morgan fingerprint density at radius 1 is 1.44 bits per heavy atom. The third kappa shape index (κ3) is 5.04. The van der Waals surface area contributed by atoms with Gasteiger partial charge in [0.15, 0.2) is 0 Å². The summed E-state index contributed by atoms with van der Waals surface area (Å²) in [6.07, 6.45) is 4.32. The first-order valence-corrected chi connectivity index (χ1v) is 6.31. The van der Waals surface area contributed by atoms with Crippen LogP contribution in [0.4, 0.5) is 5.69 Å². The zero-order chi connectivity index (χ0) is 13.5. The molecule has 0 atom stereocenters. The fraction of sp³-hybridized carbons (Fsp3) is 0.400. The number of hydrogen-bond donors (Lipinski definition) is 2. The van der Waals surface area contributed by atoms with Gasteiger partial charge in [0.2, 0.25) is 5.91 Å². The fourth-order valence-corrected chi connectivity index (χ4v) is 1.48. The Kier molecular flexibility index (Phi) is 5.43. The zero-order valence-corrected chi connectivity index (χ0v) is 11.4. The first-order chi connectivity index (χ1) is 8.49. The number of nitrogens with two attached hydrogens (primary N) is 1. The highest BCUT2D eigenvalue weighted by atomic mass is 16.1. The third-order valence-corrected chi connectivity index (χ3v) is 2.75. The summed E-state index contributed by atoms with van der Waals surface area (Å²) in [5.74, 6) is 0.543. The fourth-order valence-electron chi connectivity index (χ4n) is 1.48. The van der Waals surface area contributed by atoms with Gasteiger partial charge in [-0.05, 0) is 42.5 Å². The van der Waals surface area contributed by atoms with Gasteiger partial charge in [-0.25, -0.2) is 0 Å². The molecule has 0 fully saturated rings. The molecule has 1 aromatic rings. The normalized spacial score (nSPS) is 11.1. The van der Waals surface area contributed by atoms with E-state index < -0.39 is 0 Å². The van der Waals surface area contributed by atoms with E-state index in [9.17, 15) is 4.79 Å². The van der Waals surface area contributed by atoms with Gasteiger partial charge in [0, 0.05) is 18.3 Å². The number of hydrogen-bond acceptors (Lipinski definition) is 2.